The Bertz CT molecular complexity index is 937. The number of carbonyl (C=O) groups excluding carboxylic acids is 2. The largest absolute Gasteiger partial charge is 0.359 e. The Morgan fingerprint density at radius 1 is 0.778 bits per heavy atom. The van der Waals surface area contributed by atoms with E-state index in [0.717, 1.165) is 16.8 Å². The molecule has 4 heteroatoms. The lowest BCUT2D eigenvalue weighted by molar-refractivity contribution is 0.0869. The molecule has 4 nitrogen and oxygen atoms in total. The normalized spacial score (nSPS) is 11.5. The van der Waals surface area contributed by atoms with E-state index >= 15 is 0 Å². The summed E-state index contributed by atoms with van der Waals surface area (Å²) < 4.78 is 0. The molecule has 1 unspecified atom stereocenters. The minimum absolute atomic E-state index is 0.194. The van der Waals surface area contributed by atoms with Gasteiger partial charge >= 0.3 is 0 Å². The van der Waals surface area contributed by atoms with E-state index in [0.29, 0.717) is 11.1 Å². The minimum Gasteiger partial charge on any atom is -0.359 e. The Morgan fingerprint density at radius 2 is 1.37 bits per heavy atom. The van der Waals surface area contributed by atoms with Crippen molar-refractivity contribution in [2.75, 3.05) is 5.32 Å². The highest BCUT2D eigenvalue weighted by Gasteiger charge is 2.23. The van der Waals surface area contributed by atoms with Crippen LogP contribution in [-0.2, 0) is 0 Å². The number of amides is 1. The van der Waals surface area contributed by atoms with Crippen molar-refractivity contribution in [2.45, 2.75) is 20.0 Å². The van der Waals surface area contributed by atoms with Gasteiger partial charge in [-0.15, -0.1) is 0 Å². The van der Waals surface area contributed by atoms with Crippen molar-refractivity contribution in [2.24, 2.45) is 0 Å². The van der Waals surface area contributed by atoms with Crippen LogP contribution in [0.5, 0.6) is 0 Å². The summed E-state index contributed by atoms with van der Waals surface area (Å²) in [6.07, 6.45) is -0.874. The molecule has 0 aliphatic rings. The fraction of sp³-hybridized carbons (Fsp3) is 0.130. The maximum atomic E-state index is 13.0. The highest BCUT2D eigenvalue weighted by Crippen LogP contribution is 2.18. The average molecular weight is 358 g/mol. The molecule has 3 rings (SSSR count). The molecule has 0 saturated heterocycles. The Hall–Kier alpha value is -3.40. The SMILES string of the molecule is Cc1ccc(C)c(NC(NC(=O)c2ccccc2)C(=O)c2ccccc2)c1. The number of benzene rings is 3. The summed E-state index contributed by atoms with van der Waals surface area (Å²) in [6.45, 7) is 3.95. The van der Waals surface area contributed by atoms with Gasteiger partial charge in [0.05, 0.1) is 0 Å². The number of hydrogen-bond acceptors (Lipinski definition) is 3. The first-order chi connectivity index (χ1) is 13.0. The Labute approximate surface area is 159 Å². The summed E-state index contributed by atoms with van der Waals surface area (Å²) in [6, 6.07) is 23.8. The van der Waals surface area contributed by atoms with Crippen LogP contribution in [0, 0.1) is 13.8 Å². The van der Waals surface area contributed by atoms with E-state index in [1.54, 1.807) is 48.5 Å². The topological polar surface area (TPSA) is 58.2 Å². The molecule has 0 bridgehead atoms. The van der Waals surface area contributed by atoms with E-state index in [4.69, 9.17) is 0 Å². The quantitative estimate of drug-likeness (QED) is 0.509. The lowest BCUT2D eigenvalue weighted by atomic mass is 10.1. The van der Waals surface area contributed by atoms with E-state index in [9.17, 15) is 9.59 Å². The zero-order valence-corrected chi connectivity index (χ0v) is 15.4. The predicted octanol–water partition coefficient (Wildman–Crippen LogP) is 4.35. The van der Waals surface area contributed by atoms with Gasteiger partial charge in [0.2, 0.25) is 5.78 Å². The van der Waals surface area contributed by atoms with Crippen LogP contribution < -0.4 is 10.6 Å². The molecule has 1 amide bonds. The summed E-state index contributed by atoms with van der Waals surface area (Å²) in [4.78, 5) is 25.7. The first kappa shape index (κ1) is 18.4. The van der Waals surface area contributed by atoms with Gasteiger partial charge < -0.3 is 10.6 Å². The first-order valence-corrected chi connectivity index (χ1v) is 8.83. The van der Waals surface area contributed by atoms with Gasteiger partial charge in [0.1, 0.15) is 0 Å². The fourth-order valence-corrected chi connectivity index (χ4v) is 2.79. The lowest BCUT2D eigenvalue weighted by Crippen LogP contribution is -2.46. The van der Waals surface area contributed by atoms with Gasteiger partial charge in [-0.3, -0.25) is 9.59 Å². The van der Waals surface area contributed by atoms with E-state index in [-0.39, 0.29) is 11.7 Å². The van der Waals surface area contributed by atoms with Gasteiger partial charge in [-0.05, 0) is 43.2 Å². The van der Waals surface area contributed by atoms with E-state index in [1.807, 2.05) is 44.2 Å². The number of Topliss-reactive ketones (excluding diaryl/α,β-unsaturated/α-hetero) is 1. The molecular weight excluding hydrogens is 336 g/mol. The third-order valence-corrected chi connectivity index (χ3v) is 4.32. The number of aryl methyl sites for hydroxylation is 2. The molecule has 2 N–H and O–H groups in total. The van der Waals surface area contributed by atoms with Crippen LogP contribution in [0.25, 0.3) is 0 Å². The smallest absolute Gasteiger partial charge is 0.253 e. The van der Waals surface area contributed by atoms with Gasteiger partial charge in [0.25, 0.3) is 5.91 Å². The maximum absolute atomic E-state index is 13.0. The van der Waals surface area contributed by atoms with Gasteiger partial charge in [-0.25, -0.2) is 0 Å². The maximum Gasteiger partial charge on any atom is 0.253 e. The minimum atomic E-state index is -0.874. The molecule has 3 aromatic rings. The molecule has 0 aromatic heterocycles. The molecule has 136 valence electrons. The Kier molecular flexibility index (Phi) is 5.67. The molecule has 1 atom stereocenters. The van der Waals surface area contributed by atoms with Crippen molar-refractivity contribution in [3.8, 4) is 0 Å². The Morgan fingerprint density at radius 3 is 2.00 bits per heavy atom. The van der Waals surface area contributed by atoms with Gasteiger partial charge in [-0.2, -0.15) is 0 Å². The summed E-state index contributed by atoms with van der Waals surface area (Å²) in [5.41, 5.74) is 3.93. The van der Waals surface area contributed by atoms with Gasteiger partial charge in [0.15, 0.2) is 6.17 Å². The van der Waals surface area contributed by atoms with Gasteiger partial charge in [-0.1, -0.05) is 60.7 Å². The van der Waals surface area contributed by atoms with Crippen LogP contribution in [-0.4, -0.2) is 17.9 Å². The molecule has 0 heterocycles. The second-order valence-electron chi connectivity index (χ2n) is 6.47. The van der Waals surface area contributed by atoms with Crippen LogP contribution in [0.15, 0.2) is 78.9 Å². The van der Waals surface area contributed by atoms with Crippen molar-refractivity contribution in [1.82, 2.24) is 5.32 Å². The molecule has 27 heavy (non-hydrogen) atoms. The highest BCUT2D eigenvalue weighted by atomic mass is 16.2. The Balaban J connectivity index is 1.89. The molecule has 0 radical (unpaired) electrons. The molecule has 0 fully saturated rings. The number of rotatable bonds is 6. The number of nitrogens with one attached hydrogen (secondary N) is 2. The molecular formula is C23H22N2O2. The fourth-order valence-electron chi connectivity index (χ4n) is 2.79. The van der Waals surface area contributed by atoms with Crippen LogP contribution in [0.1, 0.15) is 31.8 Å². The van der Waals surface area contributed by atoms with E-state index < -0.39 is 6.17 Å². The standard InChI is InChI=1S/C23H22N2O2/c1-16-13-14-17(2)20(15-16)24-22(21(26)18-9-5-3-6-10-18)25-23(27)19-11-7-4-8-12-19/h3-15,22,24H,1-2H3,(H,25,27). The van der Waals surface area contributed by atoms with E-state index in [1.165, 1.54) is 0 Å². The average Bonchev–Trinajstić information content (AvgIpc) is 2.71. The van der Waals surface area contributed by atoms with Crippen molar-refractivity contribution in [3.05, 3.63) is 101 Å². The van der Waals surface area contributed by atoms with Crippen LogP contribution in [0.2, 0.25) is 0 Å². The summed E-state index contributed by atoms with van der Waals surface area (Å²) in [7, 11) is 0. The highest BCUT2D eigenvalue weighted by molar-refractivity contribution is 6.05. The number of anilines is 1. The molecule has 0 spiro atoms. The molecule has 0 saturated carbocycles. The number of carbonyl (C=O) groups is 2. The van der Waals surface area contributed by atoms with Crippen molar-refractivity contribution >= 4 is 17.4 Å². The van der Waals surface area contributed by atoms with Crippen molar-refractivity contribution in [1.29, 1.82) is 0 Å². The second-order valence-corrected chi connectivity index (χ2v) is 6.47. The number of hydrogen-bond donors (Lipinski definition) is 2. The first-order valence-electron chi connectivity index (χ1n) is 8.83. The van der Waals surface area contributed by atoms with Gasteiger partial charge in [0, 0.05) is 16.8 Å². The summed E-state index contributed by atoms with van der Waals surface area (Å²) >= 11 is 0. The van der Waals surface area contributed by atoms with Crippen LogP contribution in [0.4, 0.5) is 5.69 Å². The van der Waals surface area contributed by atoms with Crippen molar-refractivity contribution < 1.29 is 9.59 Å². The molecule has 0 aliphatic carbocycles. The third-order valence-electron chi connectivity index (χ3n) is 4.32. The van der Waals surface area contributed by atoms with Crippen LogP contribution >= 0.6 is 0 Å². The molecule has 3 aromatic carbocycles. The molecule has 0 aliphatic heterocycles. The van der Waals surface area contributed by atoms with Crippen molar-refractivity contribution in [3.63, 3.8) is 0 Å². The monoisotopic (exact) mass is 358 g/mol. The predicted molar refractivity (Wildman–Crippen MR) is 108 cm³/mol. The lowest BCUT2D eigenvalue weighted by Gasteiger charge is -2.22. The summed E-state index contributed by atoms with van der Waals surface area (Å²) in [5.74, 6) is -0.497. The zero-order valence-electron chi connectivity index (χ0n) is 15.4. The second kappa shape index (κ2) is 8.32. The third kappa shape index (κ3) is 4.61. The summed E-state index contributed by atoms with van der Waals surface area (Å²) in [5, 5.41) is 6.03. The zero-order chi connectivity index (χ0) is 19.2. The van der Waals surface area contributed by atoms with E-state index in [2.05, 4.69) is 10.6 Å². The number of ketones is 1. The van der Waals surface area contributed by atoms with Crippen LogP contribution in [0.3, 0.4) is 0 Å².